The molecule has 1 aromatic heterocycles. The van der Waals surface area contributed by atoms with Gasteiger partial charge in [0.15, 0.2) is 5.96 Å². The number of H-pyrrole nitrogens is 1. The standard InChI is InChI=1S/C18H27FN4O2.HI/c1-3-20-18(22-8-9-25-11-10-24-2)21-7-6-14-13-23-17-5-4-15(19)12-16(14)17;/h4-5,12-13,23H,3,6-11H2,1-2H3,(H2,20,21,22);1H. The molecular formula is C18H28FIN4O2. The maximum absolute atomic E-state index is 13.4. The molecule has 0 spiro atoms. The first-order valence-electron chi connectivity index (χ1n) is 8.59. The summed E-state index contributed by atoms with van der Waals surface area (Å²) in [5, 5.41) is 7.42. The van der Waals surface area contributed by atoms with E-state index in [1.807, 2.05) is 13.1 Å². The van der Waals surface area contributed by atoms with Gasteiger partial charge >= 0.3 is 0 Å². The summed E-state index contributed by atoms with van der Waals surface area (Å²) in [5.41, 5.74) is 2.03. The van der Waals surface area contributed by atoms with Crippen LogP contribution in [0.4, 0.5) is 4.39 Å². The highest BCUT2D eigenvalue weighted by molar-refractivity contribution is 14.0. The van der Waals surface area contributed by atoms with E-state index in [-0.39, 0.29) is 29.8 Å². The molecule has 0 unspecified atom stereocenters. The highest BCUT2D eigenvalue weighted by Crippen LogP contribution is 2.19. The number of nitrogens with one attached hydrogen (secondary N) is 3. The second-order valence-corrected chi connectivity index (χ2v) is 5.55. The van der Waals surface area contributed by atoms with Crippen LogP contribution in [0, 0.1) is 5.82 Å². The first-order chi connectivity index (χ1) is 12.2. The van der Waals surface area contributed by atoms with Crippen molar-refractivity contribution in [3.63, 3.8) is 0 Å². The molecule has 146 valence electrons. The number of aromatic amines is 1. The Morgan fingerprint density at radius 1 is 1.23 bits per heavy atom. The van der Waals surface area contributed by atoms with Gasteiger partial charge in [0.1, 0.15) is 5.82 Å². The quantitative estimate of drug-likeness (QED) is 0.213. The second kappa shape index (κ2) is 12.9. The van der Waals surface area contributed by atoms with Crippen LogP contribution < -0.4 is 10.6 Å². The first kappa shape index (κ1) is 22.7. The number of halogens is 2. The molecule has 1 heterocycles. The lowest BCUT2D eigenvalue weighted by Crippen LogP contribution is -2.38. The van der Waals surface area contributed by atoms with Gasteiger partial charge in [-0.3, -0.25) is 4.99 Å². The fourth-order valence-corrected chi connectivity index (χ4v) is 2.48. The van der Waals surface area contributed by atoms with Crippen LogP contribution in [0.1, 0.15) is 12.5 Å². The third-order valence-electron chi connectivity index (χ3n) is 3.70. The summed E-state index contributed by atoms with van der Waals surface area (Å²) < 4.78 is 23.7. The summed E-state index contributed by atoms with van der Waals surface area (Å²) in [5.74, 6) is 0.536. The number of nitrogens with zero attached hydrogens (tertiary/aromatic N) is 1. The van der Waals surface area contributed by atoms with E-state index in [2.05, 4.69) is 20.6 Å². The summed E-state index contributed by atoms with van der Waals surface area (Å²) in [6.07, 6.45) is 2.71. The molecule has 0 radical (unpaired) electrons. The summed E-state index contributed by atoms with van der Waals surface area (Å²) in [4.78, 5) is 7.64. The number of methoxy groups -OCH3 is 1. The lowest BCUT2D eigenvalue weighted by molar-refractivity contribution is 0.0748. The van der Waals surface area contributed by atoms with E-state index in [0.29, 0.717) is 32.9 Å². The Labute approximate surface area is 171 Å². The van der Waals surface area contributed by atoms with Crippen molar-refractivity contribution < 1.29 is 13.9 Å². The molecule has 26 heavy (non-hydrogen) atoms. The fraction of sp³-hybridized carbons (Fsp3) is 0.500. The molecule has 0 aliphatic carbocycles. The molecule has 0 saturated carbocycles. The third kappa shape index (κ3) is 7.46. The zero-order valence-electron chi connectivity index (χ0n) is 15.3. The van der Waals surface area contributed by atoms with Gasteiger partial charge < -0.3 is 25.1 Å². The molecule has 2 rings (SSSR count). The average molecular weight is 478 g/mol. The highest BCUT2D eigenvalue weighted by Gasteiger charge is 2.05. The number of benzene rings is 1. The van der Waals surface area contributed by atoms with Crippen molar-refractivity contribution in [1.82, 2.24) is 15.6 Å². The Bertz CT molecular complexity index is 678. The lowest BCUT2D eigenvalue weighted by Gasteiger charge is -2.11. The van der Waals surface area contributed by atoms with Crippen molar-refractivity contribution in [1.29, 1.82) is 0 Å². The first-order valence-corrected chi connectivity index (χ1v) is 8.59. The fourth-order valence-electron chi connectivity index (χ4n) is 2.48. The minimum absolute atomic E-state index is 0. The predicted octanol–water partition coefficient (Wildman–Crippen LogP) is 2.69. The zero-order valence-corrected chi connectivity index (χ0v) is 17.6. The van der Waals surface area contributed by atoms with Crippen LogP contribution in [0.5, 0.6) is 0 Å². The highest BCUT2D eigenvalue weighted by atomic mass is 127. The van der Waals surface area contributed by atoms with Gasteiger partial charge in [0.05, 0.1) is 26.4 Å². The SMILES string of the molecule is CCNC(=NCCOCCOC)NCCc1c[nH]c2ccc(F)cc12.I. The van der Waals surface area contributed by atoms with Gasteiger partial charge in [0.2, 0.25) is 0 Å². The van der Waals surface area contributed by atoms with Crippen molar-refractivity contribution in [2.75, 3.05) is 46.6 Å². The average Bonchev–Trinajstić information content (AvgIpc) is 3.00. The second-order valence-electron chi connectivity index (χ2n) is 5.55. The van der Waals surface area contributed by atoms with Gasteiger partial charge in [-0.1, -0.05) is 0 Å². The molecular weight excluding hydrogens is 450 g/mol. The Balaban J connectivity index is 0.00000338. The third-order valence-corrected chi connectivity index (χ3v) is 3.70. The van der Waals surface area contributed by atoms with Gasteiger partial charge in [0, 0.05) is 37.3 Å². The van der Waals surface area contributed by atoms with Crippen LogP contribution in [0.15, 0.2) is 29.4 Å². The van der Waals surface area contributed by atoms with Crippen LogP contribution in [0.3, 0.4) is 0 Å². The van der Waals surface area contributed by atoms with E-state index in [9.17, 15) is 4.39 Å². The molecule has 0 fully saturated rings. The Morgan fingerprint density at radius 3 is 2.85 bits per heavy atom. The van der Waals surface area contributed by atoms with Crippen LogP contribution in [0.25, 0.3) is 10.9 Å². The number of fused-ring (bicyclic) bond motifs is 1. The molecule has 6 nitrogen and oxygen atoms in total. The van der Waals surface area contributed by atoms with E-state index in [0.717, 1.165) is 35.4 Å². The van der Waals surface area contributed by atoms with Crippen LogP contribution in [0.2, 0.25) is 0 Å². The number of hydrogen-bond donors (Lipinski definition) is 3. The maximum atomic E-state index is 13.4. The number of aromatic nitrogens is 1. The van der Waals surface area contributed by atoms with Crippen molar-refractivity contribution in [3.05, 3.63) is 35.8 Å². The topological polar surface area (TPSA) is 70.7 Å². The number of guanidine groups is 1. The molecule has 1 aromatic carbocycles. The van der Waals surface area contributed by atoms with Gasteiger partial charge in [-0.05, 0) is 37.1 Å². The Kier molecular flexibility index (Phi) is 11.2. The Morgan fingerprint density at radius 2 is 2.08 bits per heavy atom. The van der Waals surface area contributed by atoms with Crippen molar-refractivity contribution >= 4 is 40.8 Å². The summed E-state index contributed by atoms with van der Waals surface area (Å²) >= 11 is 0. The molecule has 0 bridgehead atoms. The number of ether oxygens (including phenoxy) is 2. The molecule has 3 N–H and O–H groups in total. The molecule has 2 aromatic rings. The van der Waals surface area contributed by atoms with Gasteiger partial charge in [-0.2, -0.15) is 0 Å². The normalized spacial score (nSPS) is 11.4. The lowest BCUT2D eigenvalue weighted by atomic mass is 10.1. The number of aliphatic imine (C=N–C) groups is 1. The molecule has 0 saturated heterocycles. The van der Waals surface area contributed by atoms with E-state index in [1.54, 1.807) is 19.2 Å². The maximum Gasteiger partial charge on any atom is 0.191 e. The summed E-state index contributed by atoms with van der Waals surface area (Å²) in [6.45, 7) is 5.82. The largest absolute Gasteiger partial charge is 0.382 e. The molecule has 0 aliphatic rings. The monoisotopic (exact) mass is 478 g/mol. The van der Waals surface area contributed by atoms with E-state index < -0.39 is 0 Å². The van der Waals surface area contributed by atoms with Crippen LogP contribution >= 0.6 is 24.0 Å². The Hall–Kier alpha value is -1.39. The number of rotatable bonds is 10. The summed E-state index contributed by atoms with van der Waals surface area (Å²) in [7, 11) is 1.65. The van der Waals surface area contributed by atoms with Crippen molar-refractivity contribution in [3.8, 4) is 0 Å². The van der Waals surface area contributed by atoms with Crippen molar-refractivity contribution in [2.45, 2.75) is 13.3 Å². The van der Waals surface area contributed by atoms with Crippen LogP contribution in [-0.2, 0) is 15.9 Å². The van der Waals surface area contributed by atoms with E-state index in [4.69, 9.17) is 9.47 Å². The van der Waals surface area contributed by atoms with Crippen molar-refractivity contribution in [2.24, 2.45) is 4.99 Å². The van der Waals surface area contributed by atoms with Gasteiger partial charge in [-0.15, -0.1) is 24.0 Å². The predicted molar refractivity (Wildman–Crippen MR) is 114 cm³/mol. The van der Waals surface area contributed by atoms with Gasteiger partial charge in [0.25, 0.3) is 0 Å². The number of hydrogen-bond acceptors (Lipinski definition) is 3. The molecule has 0 atom stereocenters. The summed E-state index contributed by atoms with van der Waals surface area (Å²) in [6, 6.07) is 4.79. The molecule has 0 aliphatic heterocycles. The molecule has 0 amide bonds. The zero-order chi connectivity index (χ0) is 17.9. The van der Waals surface area contributed by atoms with E-state index >= 15 is 0 Å². The van der Waals surface area contributed by atoms with Gasteiger partial charge in [-0.25, -0.2) is 4.39 Å². The minimum Gasteiger partial charge on any atom is -0.382 e. The molecule has 8 heteroatoms. The minimum atomic E-state index is -0.218. The van der Waals surface area contributed by atoms with E-state index in [1.165, 1.54) is 6.07 Å². The van der Waals surface area contributed by atoms with Crippen LogP contribution in [-0.4, -0.2) is 57.5 Å². The smallest absolute Gasteiger partial charge is 0.191 e.